The molecule has 21 heavy (non-hydrogen) atoms. The summed E-state index contributed by atoms with van der Waals surface area (Å²) in [4.78, 5) is 1.44. The van der Waals surface area contributed by atoms with E-state index in [1.54, 1.807) is 25.1 Å². The Morgan fingerprint density at radius 1 is 1.10 bits per heavy atom. The zero-order valence-electron chi connectivity index (χ0n) is 11.6. The molecule has 2 rings (SSSR count). The molecule has 0 radical (unpaired) electrons. The third kappa shape index (κ3) is 3.96. The Hall–Kier alpha value is -1.12. The summed E-state index contributed by atoms with van der Waals surface area (Å²) < 4.78 is 63.2. The second-order valence-corrected chi connectivity index (χ2v) is 6.97. The van der Waals surface area contributed by atoms with Gasteiger partial charge in [-0.3, -0.25) is 4.90 Å². The van der Waals surface area contributed by atoms with Crippen molar-refractivity contribution in [3.63, 3.8) is 0 Å². The van der Waals surface area contributed by atoms with Crippen LogP contribution in [0, 0.1) is 6.92 Å². The van der Waals surface area contributed by atoms with E-state index in [4.69, 9.17) is 0 Å². The number of piperazine rings is 1. The molecule has 1 aliphatic rings. The number of hydrogen-bond donors (Lipinski definition) is 0. The quantitative estimate of drug-likeness (QED) is 0.853. The minimum Gasteiger partial charge on any atom is -0.292 e. The Balaban J connectivity index is 2.07. The standard InChI is InChI=1S/C13H17F3N2O2S/c1-11-4-2-3-5-12(11)21(19,20)18-8-6-17(7-9-18)10-13(14,15)16/h2-5H,6-10H2,1H3. The fraction of sp³-hybridized carbons (Fsp3) is 0.538. The van der Waals surface area contributed by atoms with Crippen molar-refractivity contribution in [1.29, 1.82) is 0 Å². The normalized spacial score (nSPS) is 18.9. The monoisotopic (exact) mass is 322 g/mol. The molecule has 0 aromatic heterocycles. The molecule has 1 aliphatic heterocycles. The maximum atomic E-state index is 12.5. The minimum absolute atomic E-state index is 0.0761. The second-order valence-electron chi connectivity index (χ2n) is 5.06. The Labute approximate surface area is 122 Å². The molecule has 8 heteroatoms. The van der Waals surface area contributed by atoms with Crippen LogP contribution in [0.4, 0.5) is 13.2 Å². The lowest BCUT2D eigenvalue weighted by Gasteiger charge is -2.34. The lowest BCUT2D eigenvalue weighted by Crippen LogP contribution is -2.50. The van der Waals surface area contributed by atoms with E-state index in [-0.39, 0.29) is 31.1 Å². The summed E-state index contributed by atoms with van der Waals surface area (Å²) in [5.74, 6) is 0. The van der Waals surface area contributed by atoms with Crippen LogP contribution in [-0.4, -0.2) is 56.5 Å². The van der Waals surface area contributed by atoms with Crippen LogP contribution >= 0.6 is 0 Å². The van der Waals surface area contributed by atoms with Crippen LogP contribution in [0.2, 0.25) is 0 Å². The van der Waals surface area contributed by atoms with Crippen LogP contribution in [0.1, 0.15) is 5.56 Å². The molecule has 1 saturated heterocycles. The highest BCUT2D eigenvalue weighted by Gasteiger charge is 2.35. The average molecular weight is 322 g/mol. The number of halogens is 3. The summed E-state index contributed by atoms with van der Waals surface area (Å²) in [5.41, 5.74) is 0.634. The lowest BCUT2D eigenvalue weighted by atomic mass is 10.2. The van der Waals surface area contributed by atoms with E-state index < -0.39 is 22.7 Å². The van der Waals surface area contributed by atoms with Gasteiger partial charge in [0.2, 0.25) is 10.0 Å². The lowest BCUT2D eigenvalue weighted by molar-refractivity contribution is -0.148. The van der Waals surface area contributed by atoms with Gasteiger partial charge in [-0.25, -0.2) is 8.42 Å². The highest BCUT2D eigenvalue weighted by atomic mass is 32.2. The molecular weight excluding hydrogens is 305 g/mol. The van der Waals surface area contributed by atoms with Gasteiger partial charge in [-0.1, -0.05) is 18.2 Å². The van der Waals surface area contributed by atoms with Gasteiger partial charge >= 0.3 is 6.18 Å². The van der Waals surface area contributed by atoms with Crippen molar-refractivity contribution in [2.45, 2.75) is 18.0 Å². The third-order valence-electron chi connectivity index (χ3n) is 3.45. The Kier molecular flexibility index (Phi) is 4.60. The van der Waals surface area contributed by atoms with Crippen LogP contribution in [0.25, 0.3) is 0 Å². The number of hydrogen-bond acceptors (Lipinski definition) is 3. The first kappa shape index (κ1) is 16.3. The van der Waals surface area contributed by atoms with E-state index in [0.717, 1.165) is 0 Å². The number of nitrogens with zero attached hydrogens (tertiary/aromatic N) is 2. The summed E-state index contributed by atoms with van der Waals surface area (Å²) >= 11 is 0. The number of rotatable bonds is 3. The molecule has 0 saturated carbocycles. The summed E-state index contributed by atoms with van der Waals surface area (Å²) in [6.45, 7) is 1.03. The van der Waals surface area contributed by atoms with Crippen molar-refractivity contribution in [3.05, 3.63) is 29.8 Å². The fourth-order valence-corrected chi connectivity index (χ4v) is 4.01. The van der Waals surface area contributed by atoms with E-state index in [9.17, 15) is 21.6 Å². The largest absolute Gasteiger partial charge is 0.401 e. The predicted molar refractivity (Wildman–Crippen MR) is 72.4 cm³/mol. The highest BCUT2D eigenvalue weighted by molar-refractivity contribution is 7.89. The van der Waals surface area contributed by atoms with E-state index in [1.165, 1.54) is 15.3 Å². The van der Waals surface area contributed by atoms with E-state index in [1.807, 2.05) is 0 Å². The Bertz CT molecular complexity index is 594. The number of alkyl halides is 3. The van der Waals surface area contributed by atoms with E-state index in [0.29, 0.717) is 5.56 Å². The van der Waals surface area contributed by atoms with Gasteiger partial charge in [-0.15, -0.1) is 0 Å². The summed E-state index contributed by atoms with van der Waals surface area (Å²) in [5, 5.41) is 0. The van der Waals surface area contributed by atoms with Crippen LogP contribution in [0.3, 0.4) is 0 Å². The van der Waals surface area contributed by atoms with Crippen LogP contribution in [0.5, 0.6) is 0 Å². The van der Waals surface area contributed by atoms with Gasteiger partial charge in [-0.2, -0.15) is 17.5 Å². The van der Waals surface area contributed by atoms with Gasteiger partial charge in [0.15, 0.2) is 0 Å². The molecule has 0 bridgehead atoms. The molecule has 118 valence electrons. The molecule has 1 fully saturated rings. The van der Waals surface area contributed by atoms with Gasteiger partial charge in [0.05, 0.1) is 11.4 Å². The van der Waals surface area contributed by atoms with Crippen molar-refractivity contribution >= 4 is 10.0 Å². The zero-order valence-corrected chi connectivity index (χ0v) is 12.4. The maximum Gasteiger partial charge on any atom is 0.401 e. The van der Waals surface area contributed by atoms with Crippen molar-refractivity contribution in [1.82, 2.24) is 9.21 Å². The molecule has 0 spiro atoms. The topological polar surface area (TPSA) is 40.6 Å². The molecule has 0 unspecified atom stereocenters. The van der Waals surface area contributed by atoms with E-state index >= 15 is 0 Å². The molecule has 1 heterocycles. The highest BCUT2D eigenvalue weighted by Crippen LogP contribution is 2.22. The maximum absolute atomic E-state index is 12.5. The first-order valence-corrected chi connectivity index (χ1v) is 7.99. The van der Waals surface area contributed by atoms with Crippen molar-refractivity contribution in [3.8, 4) is 0 Å². The molecule has 1 aromatic carbocycles. The second kappa shape index (κ2) is 5.94. The molecular formula is C13H17F3N2O2S. The van der Waals surface area contributed by atoms with Gasteiger partial charge < -0.3 is 0 Å². The Morgan fingerprint density at radius 2 is 1.67 bits per heavy atom. The average Bonchev–Trinajstić information content (AvgIpc) is 2.37. The first-order chi connectivity index (χ1) is 9.70. The van der Waals surface area contributed by atoms with Crippen molar-refractivity contribution in [2.24, 2.45) is 0 Å². The zero-order chi connectivity index (χ0) is 15.7. The van der Waals surface area contributed by atoms with Crippen LogP contribution < -0.4 is 0 Å². The number of benzene rings is 1. The van der Waals surface area contributed by atoms with Gasteiger partial charge in [0, 0.05) is 26.2 Å². The molecule has 0 N–H and O–H groups in total. The van der Waals surface area contributed by atoms with Crippen molar-refractivity contribution < 1.29 is 21.6 Å². The molecule has 0 amide bonds. The van der Waals surface area contributed by atoms with Gasteiger partial charge in [0.25, 0.3) is 0 Å². The number of aryl methyl sites for hydroxylation is 1. The molecule has 4 nitrogen and oxygen atoms in total. The third-order valence-corrected chi connectivity index (χ3v) is 5.50. The first-order valence-electron chi connectivity index (χ1n) is 6.55. The fourth-order valence-electron chi connectivity index (χ4n) is 2.37. The minimum atomic E-state index is -4.25. The van der Waals surface area contributed by atoms with Gasteiger partial charge in [-0.05, 0) is 18.6 Å². The Morgan fingerprint density at radius 3 is 2.19 bits per heavy atom. The summed E-state index contributed by atoms with van der Waals surface area (Å²) in [6.07, 6.45) is -4.25. The SMILES string of the molecule is Cc1ccccc1S(=O)(=O)N1CCN(CC(F)(F)F)CC1. The van der Waals surface area contributed by atoms with Crippen LogP contribution in [0.15, 0.2) is 29.2 Å². The number of sulfonamides is 1. The summed E-state index contributed by atoms with van der Waals surface area (Å²) in [6, 6.07) is 6.61. The van der Waals surface area contributed by atoms with E-state index in [2.05, 4.69) is 0 Å². The molecule has 0 atom stereocenters. The molecule has 1 aromatic rings. The smallest absolute Gasteiger partial charge is 0.292 e. The van der Waals surface area contributed by atoms with Crippen molar-refractivity contribution in [2.75, 3.05) is 32.7 Å². The summed E-state index contributed by atoms with van der Waals surface area (Å²) in [7, 11) is -3.63. The molecule has 0 aliphatic carbocycles. The predicted octanol–water partition coefficient (Wildman–Crippen LogP) is 1.86. The van der Waals surface area contributed by atoms with Crippen LogP contribution in [-0.2, 0) is 10.0 Å². The van der Waals surface area contributed by atoms with Gasteiger partial charge in [0.1, 0.15) is 0 Å².